The largest absolute Gasteiger partial charge is 0.497 e. The van der Waals surface area contributed by atoms with Crippen LogP contribution in [0.1, 0.15) is 5.56 Å². The van der Waals surface area contributed by atoms with Gasteiger partial charge in [0.15, 0.2) is 0 Å². The summed E-state index contributed by atoms with van der Waals surface area (Å²) in [4.78, 5) is 0. The predicted molar refractivity (Wildman–Crippen MR) is 68.3 cm³/mol. The third-order valence-electron chi connectivity index (χ3n) is 2.85. The minimum Gasteiger partial charge on any atom is -0.497 e. The molecule has 0 unspecified atom stereocenters. The minimum atomic E-state index is 0.780. The lowest BCUT2D eigenvalue weighted by Gasteiger charge is -2.12. The van der Waals surface area contributed by atoms with E-state index in [1.54, 1.807) is 21.3 Å². The first kappa shape index (κ1) is 11.6. The van der Waals surface area contributed by atoms with Crippen molar-refractivity contribution < 1.29 is 14.2 Å². The van der Waals surface area contributed by atoms with Gasteiger partial charge in [-0.1, -0.05) is 0 Å². The molecule has 2 aromatic carbocycles. The molecule has 0 heterocycles. The van der Waals surface area contributed by atoms with Gasteiger partial charge in [-0.05, 0) is 36.1 Å². The molecule has 90 valence electrons. The van der Waals surface area contributed by atoms with Crippen LogP contribution < -0.4 is 14.2 Å². The van der Waals surface area contributed by atoms with E-state index in [0.29, 0.717) is 0 Å². The molecule has 0 bridgehead atoms. The summed E-state index contributed by atoms with van der Waals surface area (Å²) in [5.74, 6) is 2.44. The van der Waals surface area contributed by atoms with Gasteiger partial charge in [-0.15, -0.1) is 0 Å². The van der Waals surface area contributed by atoms with Crippen LogP contribution in [0, 0.1) is 6.92 Å². The van der Waals surface area contributed by atoms with Gasteiger partial charge in [0.05, 0.1) is 21.3 Å². The summed E-state index contributed by atoms with van der Waals surface area (Å²) in [6.45, 7) is 2.04. The van der Waals surface area contributed by atoms with Gasteiger partial charge in [0.1, 0.15) is 17.2 Å². The molecule has 0 amide bonds. The lowest BCUT2D eigenvalue weighted by atomic mass is 10.0. The van der Waals surface area contributed by atoms with Crippen LogP contribution >= 0.6 is 0 Å². The van der Waals surface area contributed by atoms with Gasteiger partial charge in [0.25, 0.3) is 0 Å². The molecule has 0 fully saturated rings. The standard InChI is InChI=1S/C14H16O3/c1-9-5-11(15-2)6-10-7-12(16-3)8-13(17-4)14(9)10/h5-8H,1-4H3. The molecule has 0 aliphatic carbocycles. The van der Waals surface area contributed by atoms with E-state index >= 15 is 0 Å². The Labute approximate surface area is 101 Å². The summed E-state index contributed by atoms with van der Waals surface area (Å²) >= 11 is 0. The Morgan fingerprint density at radius 1 is 0.765 bits per heavy atom. The molecule has 0 aromatic heterocycles. The second-order valence-electron chi connectivity index (χ2n) is 3.87. The molecule has 0 atom stereocenters. The van der Waals surface area contributed by atoms with Crippen molar-refractivity contribution in [2.24, 2.45) is 0 Å². The van der Waals surface area contributed by atoms with E-state index in [-0.39, 0.29) is 0 Å². The zero-order valence-corrected chi connectivity index (χ0v) is 10.5. The molecule has 0 aliphatic rings. The Morgan fingerprint density at radius 3 is 1.88 bits per heavy atom. The highest BCUT2D eigenvalue weighted by Crippen LogP contribution is 2.35. The zero-order chi connectivity index (χ0) is 12.4. The quantitative estimate of drug-likeness (QED) is 0.813. The normalized spacial score (nSPS) is 10.4. The SMILES string of the molecule is COc1cc(C)c2c(OC)cc(OC)cc2c1. The van der Waals surface area contributed by atoms with Crippen LogP contribution in [0.5, 0.6) is 17.2 Å². The maximum absolute atomic E-state index is 5.40. The highest BCUT2D eigenvalue weighted by atomic mass is 16.5. The minimum absolute atomic E-state index is 0.780. The molecule has 0 aliphatic heterocycles. The first-order valence-corrected chi connectivity index (χ1v) is 5.40. The number of fused-ring (bicyclic) bond motifs is 1. The number of hydrogen-bond donors (Lipinski definition) is 0. The van der Waals surface area contributed by atoms with Gasteiger partial charge in [0.2, 0.25) is 0 Å². The Bertz CT molecular complexity index is 541. The summed E-state index contributed by atoms with van der Waals surface area (Å²) in [5, 5.41) is 2.15. The van der Waals surface area contributed by atoms with Gasteiger partial charge >= 0.3 is 0 Å². The number of rotatable bonds is 3. The van der Waals surface area contributed by atoms with Crippen LogP contribution in [-0.4, -0.2) is 21.3 Å². The highest BCUT2D eigenvalue weighted by molar-refractivity contribution is 5.93. The fraction of sp³-hybridized carbons (Fsp3) is 0.286. The second-order valence-corrected chi connectivity index (χ2v) is 3.87. The van der Waals surface area contributed by atoms with Crippen LogP contribution in [0.25, 0.3) is 10.8 Å². The van der Waals surface area contributed by atoms with E-state index in [0.717, 1.165) is 33.6 Å². The van der Waals surface area contributed by atoms with Gasteiger partial charge < -0.3 is 14.2 Å². The zero-order valence-electron chi connectivity index (χ0n) is 10.5. The van der Waals surface area contributed by atoms with Crippen LogP contribution in [0.4, 0.5) is 0 Å². The lowest BCUT2D eigenvalue weighted by molar-refractivity contribution is 0.397. The summed E-state index contributed by atoms with van der Waals surface area (Å²) in [6, 6.07) is 7.85. The average Bonchev–Trinajstić information content (AvgIpc) is 2.36. The number of aryl methyl sites for hydroxylation is 1. The number of methoxy groups -OCH3 is 3. The second kappa shape index (κ2) is 4.53. The van der Waals surface area contributed by atoms with E-state index in [2.05, 4.69) is 0 Å². The Kier molecular flexibility index (Phi) is 3.09. The van der Waals surface area contributed by atoms with Crippen LogP contribution in [0.3, 0.4) is 0 Å². The third-order valence-corrected chi connectivity index (χ3v) is 2.85. The first-order valence-electron chi connectivity index (χ1n) is 5.40. The Balaban J connectivity index is 2.79. The van der Waals surface area contributed by atoms with Crippen molar-refractivity contribution in [3.63, 3.8) is 0 Å². The smallest absolute Gasteiger partial charge is 0.130 e. The summed E-state index contributed by atoms with van der Waals surface area (Å²) < 4.78 is 15.9. The maximum Gasteiger partial charge on any atom is 0.130 e. The molecular formula is C14H16O3. The van der Waals surface area contributed by atoms with Crippen molar-refractivity contribution in [2.45, 2.75) is 6.92 Å². The fourth-order valence-corrected chi connectivity index (χ4v) is 2.02. The van der Waals surface area contributed by atoms with E-state index in [9.17, 15) is 0 Å². The molecule has 0 saturated carbocycles. The molecule has 0 saturated heterocycles. The summed E-state index contributed by atoms with van der Waals surface area (Å²) in [5.41, 5.74) is 1.12. The molecule has 2 aromatic rings. The Hall–Kier alpha value is -1.90. The average molecular weight is 232 g/mol. The van der Waals surface area contributed by atoms with Crippen LogP contribution in [0.15, 0.2) is 24.3 Å². The number of benzene rings is 2. The molecule has 17 heavy (non-hydrogen) atoms. The molecular weight excluding hydrogens is 216 g/mol. The third kappa shape index (κ3) is 2.00. The van der Waals surface area contributed by atoms with E-state index < -0.39 is 0 Å². The molecule has 3 heteroatoms. The van der Waals surface area contributed by atoms with Gasteiger partial charge in [0, 0.05) is 11.5 Å². The summed E-state index contributed by atoms with van der Waals surface area (Å²) in [7, 11) is 4.98. The maximum atomic E-state index is 5.40. The molecule has 0 radical (unpaired) electrons. The van der Waals surface area contributed by atoms with Crippen molar-refractivity contribution in [1.29, 1.82) is 0 Å². The van der Waals surface area contributed by atoms with Crippen molar-refractivity contribution in [3.05, 3.63) is 29.8 Å². The van der Waals surface area contributed by atoms with Gasteiger partial charge in [-0.3, -0.25) is 0 Å². The van der Waals surface area contributed by atoms with E-state index in [1.165, 1.54) is 0 Å². The molecule has 0 spiro atoms. The lowest BCUT2D eigenvalue weighted by Crippen LogP contribution is -1.92. The van der Waals surface area contributed by atoms with Gasteiger partial charge in [-0.2, -0.15) is 0 Å². The van der Waals surface area contributed by atoms with Crippen molar-refractivity contribution in [1.82, 2.24) is 0 Å². The van der Waals surface area contributed by atoms with Crippen molar-refractivity contribution in [2.75, 3.05) is 21.3 Å². The van der Waals surface area contributed by atoms with E-state index in [4.69, 9.17) is 14.2 Å². The first-order chi connectivity index (χ1) is 8.19. The number of hydrogen-bond acceptors (Lipinski definition) is 3. The topological polar surface area (TPSA) is 27.7 Å². The van der Waals surface area contributed by atoms with Crippen LogP contribution in [0.2, 0.25) is 0 Å². The molecule has 2 rings (SSSR count). The van der Waals surface area contributed by atoms with E-state index in [1.807, 2.05) is 31.2 Å². The van der Waals surface area contributed by atoms with Gasteiger partial charge in [-0.25, -0.2) is 0 Å². The van der Waals surface area contributed by atoms with Crippen molar-refractivity contribution >= 4 is 10.8 Å². The van der Waals surface area contributed by atoms with Crippen LogP contribution in [-0.2, 0) is 0 Å². The molecule has 3 nitrogen and oxygen atoms in total. The fourth-order valence-electron chi connectivity index (χ4n) is 2.02. The Morgan fingerprint density at radius 2 is 1.35 bits per heavy atom. The summed E-state index contributed by atoms with van der Waals surface area (Å²) in [6.07, 6.45) is 0. The number of ether oxygens (including phenoxy) is 3. The highest BCUT2D eigenvalue weighted by Gasteiger charge is 2.09. The predicted octanol–water partition coefficient (Wildman–Crippen LogP) is 3.17. The monoisotopic (exact) mass is 232 g/mol. The van der Waals surface area contributed by atoms with Crippen molar-refractivity contribution in [3.8, 4) is 17.2 Å². The molecule has 0 N–H and O–H groups in total.